The zero-order valence-electron chi connectivity index (χ0n) is 17.1. The van der Waals surface area contributed by atoms with Crippen LogP contribution in [0.4, 0.5) is 5.69 Å². The molecule has 0 amide bonds. The van der Waals surface area contributed by atoms with E-state index in [2.05, 4.69) is 5.32 Å². The zero-order valence-corrected chi connectivity index (χ0v) is 17.1. The van der Waals surface area contributed by atoms with Gasteiger partial charge in [0.1, 0.15) is 0 Å². The van der Waals surface area contributed by atoms with Gasteiger partial charge < -0.3 is 10.1 Å². The van der Waals surface area contributed by atoms with Gasteiger partial charge in [-0.15, -0.1) is 0 Å². The topological polar surface area (TPSA) is 82.3 Å². The van der Waals surface area contributed by atoms with Crippen molar-refractivity contribution in [2.24, 2.45) is 13.0 Å². The molecule has 0 aliphatic heterocycles. The van der Waals surface area contributed by atoms with Crippen molar-refractivity contribution in [2.75, 3.05) is 12.4 Å². The maximum atomic E-state index is 12.6. The first kappa shape index (κ1) is 20.4. The van der Waals surface area contributed by atoms with Gasteiger partial charge in [0.05, 0.1) is 23.6 Å². The molecule has 152 valence electrons. The van der Waals surface area contributed by atoms with E-state index in [1.807, 2.05) is 38.1 Å². The number of nitrogens with zero attached hydrogens (tertiary/aromatic N) is 2. The minimum absolute atomic E-state index is 0.277. The molecule has 3 aromatic rings. The number of methoxy groups -OCH3 is 1. The van der Waals surface area contributed by atoms with E-state index in [4.69, 9.17) is 4.74 Å². The van der Waals surface area contributed by atoms with Gasteiger partial charge in [0.25, 0.3) is 5.56 Å². The van der Waals surface area contributed by atoms with Crippen molar-refractivity contribution in [2.45, 2.75) is 26.9 Å². The zero-order chi connectivity index (χ0) is 21.1. The third-order valence-corrected chi connectivity index (χ3v) is 4.76. The second kappa shape index (κ2) is 8.34. The van der Waals surface area contributed by atoms with Gasteiger partial charge in [-0.2, -0.15) is 0 Å². The molecule has 3 rings (SSSR count). The van der Waals surface area contributed by atoms with E-state index in [-0.39, 0.29) is 23.1 Å². The van der Waals surface area contributed by atoms with Crippen LogP contribution in [0.3, 0.4) is 0 Å². The molecule has 0 atom stereocenters. The summed E-state index contributed by atoms with van der Waals surface area (Å²) < 4.78 is 7.50. The summed E-state index contributed by atoms with van der Waals surface area (Å²) in [6.07, 6.45) is 0. The molecule has 29 heavy (non-hydrogen) atoms. The van der Waals surface area contributed by atoms with E-state index in [1.165, 1.54) is 14.2 Å². The highest BCUT2D eigenvalue weighted by atomic mass is 16.5. The lowest BCUT2D eigenvalue weighted by Gasteiger charge is -2.15. The Labute approximate surface area is 168 Å². The molecule has 0 radical (unpaired) electrons. The smallest absolute Gasteiger partial charge is 0.337 e. The number of nitrogens with one attached hydrogen (secondary N) is 1. The maximum Gasteiger partial charge on any atom is 0.337 e. The Kier molecular flexibility index (Phi) is 5.87. The van der Waals surface area contributed by atoms with Gasteiger partial charge in [-0.3, -0.25) is 13.9 Å². The molecule has 0 unspecified atom stereocenters. The van der Waals surface area contributed by atoms with Gasteiger partial charge in [0.2, 0.25) is 0 Å². The fourth-order valence-electron chi connectivity index (χ4n) is 3.23. The van der Waals surface area contributed by atoms with Gasteiger partial charge in [-0.25, -0.2) is 9.59 Å². The monoisotopic (exact) mass is 395 g/mol. The van der Waals surface area contributed by atoms with Crippen LogP contribution in [-0.4, -0.2) is 22.2 Å². The third-order valence-electron chi connectivity index (χ3n) is 4.76. The first-order valence-electron chi connectivity index (χ1n) is 9.46. The number of hydrogen-bond donors (Lipinski definition) is 1. The lowest BCUT2D eigenvalue weighted by Crippen LogP contribution is -2.38. The minimum Gasteiger partial charge on any atom is -0.465 e. The average molecular weight is 395 g/mol. The molecule has 0 bridgehead atoms. The number of hydrogen-bond acceptors (Lipinski definition) is 5. The number of rotatable bonds is 6. The fourth-order valence-corrected chi connectivity index (χ4v) is 3.23. The van der Waals surface area contributed by atoms with Gasteiger partial charge in [-0.1, -0.05) is 26.0 Å². The highest BCUT2D eigenvalue weighted by molar-refractivity contribution is 5.89. The summed E-state index contributed by atoms with van der Waals surface area (Å²) in [6, 6.07) is 12.6. The number of carbonyl (C=O) groups is 1. The molecule has 0 saturated heterocycles. The molecular weight excluding hydrogens is 370 g/mol. The maximum absolute atomic E-state index is 12.6. The standard InChI is InChI=1S/C22H25N3O4/c1-14(2)13-25-19-10-9-17(11-18(19)20(26)24(3)22(25)28)23-12-15-5-7-16(8-6-15)21(27)29-4/h5-11,14,23H,12-13H2,1-4H3. The molecule has 0 fully saturated rings. The Bertz CT molecular complexity index is 1160. The van der Waals surface area contributed by atoms with Crippen molar-refractivity contribution in [3.8, 4) is 0 Å². The molecule has 0 aliphatic carbocycles. The summed E-state index contributed by atoms with van der Waals surface area (Å²) in [6.45, 7) is 5.14. The van der Waals surface area contributed by atoms with Crippen LogP contribution in [0.15, 0.2) is 52.1 Å². The van der Waals surface area contributed by atoms with Crippen LogP contribution in [0.25, 0.3) is 10.9 Å². The normalized spacial score (nSPS) is 11.1. The van der Waals surface area contributed by atoms with Gasteiger partial charge >= 0.3 is 11.7 Å². The number of fused-ring (bicyclic) bond motifs is 1. The van der Waals surface area contributed by atoms with E-state index in [0.717, 1.165) is 15.8 Å². The molecule has 7 heteroatoms. The van der Waals surface area contributed by atoms with Crippen molar-refractivity contribution in [3.63, 3.8) is 0 Å². The highest BCUT2D eigenvalue weighted by Crippen LogP contribution is 2.17. The van der Waals surface area contributed by atoms with Crippen molar-refractivity contribution in [1.29, 1.82) is 0 Å². The highest BCUT2D eigenvalue weighted by Gasteiger charge is 2.12. The molecule has 0 aliphatic rings. The molecule has 7 nitrogen and oxygen atoms in total. The van der Waals surface area contributed by atoms with E-state index < -0.39 is 0 Å². The number of benzene rings is 2. The van der Waals surface area contributed by atoms with Gasteiger partial charge in [0.15, 0.2) is 0 Å². The Morgan fingerprint density at radius 1 is 1.10 bits per heavy atom. The Morgan fingerprint density at radius 2 is 1.79 bits per heavy atom. The third kappa shape index (κ3) is 4.23. The van der Waals surface area contributed by atoms with Crippen LogP contribution in [0.5, 0.6) is 0 Å². The fraction of sp³-hybridized carbons (Fsp3) is 0.318. The van der Waals surface area contributed by atoms with Crippen molar-refractivity contribution in [3.05, 3.63) is 74.4 Å². The molecule has 2 aromatic carbocycles. The van der Waals surface area contributed by atoms with E-state index in [0.29, 0.717) is 29.6 Å². The van der Waals surface area contributed by atoms with E-state index in [9.17, 15) is 14.4 Å². The quantitative estimate of drug-likeness (QED) is 0.649. The molecule has 1 N–H and O–H groups in total. The summed E-state index contributed by atoms with van der Waals surface area (Å²) >= 11 is 0. The summed E-state index contributed by atoms with van der Waals surface area (Å²) in [5.74, 6) is -0.0958. The van der Waals surface area contributed by atoms with Gasteiger partial charge in [0, 0.05) is 25.8 Å². The SMILES string of the molecule is COC(=O)c1ccc(CNc2ccc3c(c2)c(=O)n(C)c(=O)n3CC(C)C)cc1. The average Bonchev–Trinajstić information content (AvgIpc) is 2.73. The number of esters is 1. The molecule has 0 spiro atoms. The summed E-state index contributed by atoms with van der Waals surface area (Å²) in [4.78, 5) is 36.6. The molecule has 1 heterocycles. The largest absolute Gasteiger partial charge is 0.465 e. The number of carbonyl (C=O) groups excluding carboxylic acids is 1. The predicted molar refractivity (Wildman–Crippen MR) is 113 cm³/mol. The van der Waals surface area contributed by atoms with Crippen LogP contribution < -0.4 is 16.6 Å². The van der Waals surface area contributed by atoms with Crippen LogP contribution in [0.2, 0.25) is 0 Å². The first-order valence-corrected chi connectivity index (χ1v) is 9.46. The molecular formula is C22H25N3O4. The van der Waals surface area contributed by atoms with Crippen LogP contribution >= 0.6 is 0 Å². The lowest BCUT2D eigenvalue weighted by molar-refractivity contribution is 0.0600. The predicted octanol–water partition coefficient (Wildman–Crippen LogP) is 2.75. The molecule has 1 aromatic heterocycles. The Hall–Kier alpha value is -3.35. The van der Waals surface area contributed by atoms with Crippen molar-refractivity contribution in [1.82, 2.24) is 9.13 Å². The van der Waals surface area contributed by atoms with Crippen LogP contribution in [0.1, 0.15) is 29.8 Å². The van der Waals surface area contributed by atoms with Crippen LogP contribution in [-0.2, 0) is 24.9 Å². The number of anilines is 1. The Morgan fingerprint density at radius 3 is 2.41 bits per heavy atom. The second-order valence-electron chi connectivity index (χ2n) is 7.43. The van der Waals surface area contributed by atoms with Gasteiger partial charge in [-0.05, 0) is 41.8 Å². The summed E-state index contributed by atoms with van der Waals surface area (Å²) in [7, 11) is 2.85. The van der Waals surface area contributed by atoms with Crippen molar-refractivity contribution < 1.29 is 9.53 Å². The van der Waals surface area contributed by atoms with E-state index >= 15 is 0 Å². The number of aromatic nitrogens is 2. The second-order valence-corrected chi connectivity index (χ2v) is 7.43. The summed E-state index contributed by atoms with van der Waals surface area (Å²) in [5.41, 5.74) is 2.28. The lowest BCUT2D eigenvalue weighted by atomic mass is 10.1. The summed E-state index contributed by atoms with van der Waals surface area (Å²) in [5, 5.41) is 3.78. The first-order chi connectivity index (χ1) is 13.8. The van der Waals surface area contributed by atoms with E-state index in [1.54, 1.807) is 22.8 Å². The van der Waals surface area contributed by atoms with Crippen molar-refractivity contribution >= 4 is 22.6 Å². The number of ether oxygens (including phenoxy) is 1. The minimum atomic E-state index is -0.373. The Balaban J connectivity index is 1.89. The van der Waals surface area contributed by atoms with Crippen LogP contribution in [0, 0.1) is 5.92 Å². The molecule has 0 saturated carbocycles.